The van der Waals surface area contributed by atoms with E-state index >= 15 is 0 Å². The highest BCUT2D eigenvalue weighted by Crippen LogP contribution is 2.63. The molecule has 178 valence electrons. The molecule has 0 saturated heterocycles. The van der Waals surface area contributed by atoms with Crippen LogP contribution in [0.4, 0.5) is 11.4 Å². The summed E-state index contributed by atoms with van der Waals surface area (Å²) in [6, 6.07) is 21.4. The Hall–Kier alpha value is -2.81. The summed E-state index contributed by atoms with van der Waals surface area (Å²) in [6.45, 7) is 18.9. The lowest BCUT2D eigenvalue weighted by Gasteiger charge is -2.57. The molecule has 3 heteroatoms. The molecule has 0 radical (unpaired) electrons. The molecular weight excluding hydrogens is 416 g/mol. The summed E-state index contributed by atoms with van der Waals surface area (Å²) < 4.78 is 7.16. The van der Waals surface area contributed by atoms with Crippen molar-refractivity contribution in [1.29, 1.82) is 0 Å². The molecule has 1 spiro atoms. The molecule has 2 aliphatic heterocycles. The van der Waals surface area contributed by atoms with Gasteiger partial charge in [-0.25, -0.2) is 0 Å². The normalized spacial score (nSPS) is 25.4. The summed E-state index contributed by atoms with van der Waals surface area (Å²) in [5, 5.41) is 6.17. The van der Waals surface area contributed by atoms with Crippen LogP contribution in [0.1, 0.15) is 61.0 Å². The Morgan fingerprint density at radius 2 is 1.41 bits per heavy atom. The molecule has 3 nitrogen and oxygen atoms in total. The van der Waals surface area contributed by atoms with Gasteiger partial charge in [-0.2, -0.15) is 0 Å². The lowest BCUT2D eigenvalue weighted by atomic mass is 9.49. The van der Waals surface area contributed by atoms with E-state index in [1.54, 1.807) is 0 Å². The first-order chi connectivity index (χ1) is 15.9. The van der Waals surface area contributed by atoms with Crippen LogP contribution in [0.2, 0.25) is 0 Å². The highest BCUT2D eigenvalue weighted by Gasteiger charge is 2.68. The zero-order valence-corrected chi connectivity index (χ0v) is 21.9. The van der Waals surface area contributed by atoms with Crippen LogP contribution >= 0.6 is 0 Å². The molecule has 3 aromatic rings. The van der Waals surface area contributed by atoms with Gasteiger partial charge in [0, 0.05) is 11.1 Å². The third kappa shape index (κ3) is 3.05. The van der Waals surface area contributed by atoms with Crippen LogP contribution in [0, 0.1) is 22.7 Å². The highest BCUT2D eigenvalue weighted by molar-refractivity contribution is 5.99. The number of aliphatic imine (C=N–C) groups is 1. The van der Waals surface area contributed by atoms with Crippen LogP contribution in [0.5, 0.6) is 5.75 Å². The lowest BCUT2D eigenvalue weighted by molar-refractivity contribution is -0.0538. The molecule has 0 bridgehead atoms. The zero-order valence-electron chi connectivity index (χ0n) is 21.9. The minimum atomic E-state index is -0.786. The van der Waals surface area contributed by atoms with Crippen molar-refractivity contribution in [2.75, 3.05) is 5.32 Å². The summed E-state index contributed by atoms with van der Waals surface area (Å²) >= 11 is 0. The summed E-state index contributed by atoms with van der Waals surface area (Å²) in [4.78, 5) is 5.15. The van der Waals surface area contributed by atoms with Gasteiger partial charge in [0.1, 0.15) is 11.4 Å². The minimum absolute atomic E-state index is 0.0481. The average molecular weight is 455 g/mol. The first kappa shape index (κ1) is 23.0. The maximum Gasteiger partial charge on any atom is 0.227 e. The fourth-order valence-electron chi connectivity index (χ4n) is 6.36. The van der Waals surface area contributed by atoms with Gasteiger partial charge >= 0.3 is 0 Å². The second-order valence-corrected chi connectivity index (χ2v) is 12.4. The maximum atomic E-state index is 7.16. The van der Waals surface area contributed by atoms with Gasteiger partial charge in [-0.3, -0.25) is 4.99 Å². The van der Waals surface area contributed by atoms with Crippen molar-refractivity contribution in [2.24, 2.45) is 27.7 Å². The molecular formula is C31H38N2O. The Balaban J connectivity index is 1.81. The van der Waals surface area contributed by atoms with Gasteiger partial charge in [-0.1, -0.05) is 104 Å². The zero-order chi connectivity index (χ0) is 24.5. The second kappa shape index (κ2) is 7.34. The molecule has 0 amide bonds. The van der Waals surface area contributed by atoms with E-state index in [2.05, 4.69) is 128 Å². The van der Waals surface area contributed by atoms with E-state index in [0.717, 1.165) is 22.5 Å². The number of ether oxygens (including phenoxy) is 1. The minimum Gasteiger partial charge on any atom is -0.460 e. The Bertz CT molecular complexity index is 1260. The van der Waals surface area contributed by atoms with Gasteiger partial charge in [0.05, 0.1) is 11.6 Å². The summed E-state index contributed by atoms with van der Waals surface area (Å²) in [5.74, 6) is 1.42. The molecule has 34 heavy (non-hydrogen) atoms. The van der Waals surface area contributed by atoms with Crippen molar-refractivity contribution < 1.29 is 4.74 Å². The number of para-hydroxylation sites is 1. The van der Waals surface area contributed by atoms with Crippen molar-refractivity contribution in [3.8, 4) is 5.75 Å². The monoisotopic (exact) mass is 454 g/mol. The van der Waals surface area contributed by atoms with Gasteiger partial charge in [-0.05, 0) is 45.7 Å². The Morgan fingerprint density at radius 1 is 0.794 bits per heavy atom. The largest absolute Gasteiger partial charge is 0.460 e. The number of benzene rings is 3. The highest BCUT2D eigenvalue weighted by atomic mass is 16.5. The third-order valence-corrected chi connectivity index (χ3v) is 8.78. The smallest absolute Gasteiger partial charge is 0.227 e. The molecule has 0 aliphatic carbocycles. The van der Waals surface area contributed by atoms with Gasteiger partial charge in [-0.15, -0.1) is 0 Å². The van der Waals surface area contributed by atoms with E-state index in [1.165, 1.54) is 10.9 Å². The number of anilines is 1. The van der Waals surface area contributed by atoms with E-state index in [0.29, 0.717) is 11.8 Å². The second-order valence-electron chi connectivity index (χ2n) is 12.4. The van der Waals surface area contributed by atoms with Crippen LogP contribution in [0.3, 0.4) is 0 Å². The predicted octanol–water partition coefficient (Wildman–Crippen LogP) is 8.36. The first-order valence-corrected chi connectivity index (χ1v) is 12.6. The maximum absolute atomic E-state index is 7.16. The van der Waals surface area contributed by atoms with E-state index in [4.69, 9.17) is 9.73 Å². The molecule has 0 saturated carbocycles. The first-order valence-electron chi connectivity index (χ1n) is 12.6. The van der Waals surface area contributed by atoms with Crippen molar-refractivity contribution in [3.05, 3.63) is 66.2 Å². The average Bonchev–Trinajstić information content (AvgIpc) is 3.05. The lowest BCUT2D eigenvalue weighted by Crippen LogP contribution is -2.67. The summed E-state index contributed by atoms with van der Waals surface area (Å²) in [7, 11) is 0. The van der Waals surface area contributed by atoms with E-state index in [1.807, 2.05) is 0 Å². The molecule has 3 atom stereocenters. The van der Waals surface area contributed by atoms with Crippen molar-refractivity contribution in [1.82, 2.24) is 0 Å². The van der Waals surface area contributed by atoms with Crippen molar-refractivity contribution in [2.45, 2.75) is 66.5 Å². The predicted molar refractivity (Wildman–Crippen MR) is 144 cm³/mol. The van der Waals surface area contributed by atoms with E-state index in [-0.39, 0.29) is 16.2 Å². The molecule has 2 heterocycles. The van der Waals surface area contributed by atoms with E-state index in [9.17, 15) is 0 Å². The quantitative estimate of drug-likeness (QED) is 0.422. The van der Waals surface area contributed by atoms with Crippen LogP contribution < -0.4 is 10.1 Å². The fourth-order valence-corrected chi connectivity index (χ4v) is 6.36. The number of hydrogen-bond acceptors (Lipinski definition) is 3. The topological polar surface area (TPSA) is 33.6 Å². The number of hydrogen-bond donors (Lipinski definition) is 1. The van der Waals surface area contributed by atoms with Crippen LogP contribution in [-0.2, 0) is 5.41 Å². The summed E-state index contributed by atoms with van der Waals surface area (Å²) in [6.07, 6.45) is 2.08. The fraction of sp³-hybridized carbons (Fsp3) is 0.452. The number of rotatable bonds is 2. The molecule has 2 aliphatic rings. The third-order valence-electron chi connectivity index (χ3n) is 8.78. The molecule has 3 aromatic carbocycles. The van der Waals surface area contributed by atoms with Crippen molar-refractivity contribution >= 4 is 28.4 Å². The van der Waals surface area contributed by atoms with Gasteiger partial charge in [0.15, 0.2) is 0 Å². The van der Waals surface area contributed by atoms with Gasteiger partial charge in [0.2, 0.25) is 5.72 Å². The van der Waals surface area contributed by atoms with Crippen LogP contribution in [0.25, 0.3) is 10.8 Å². The number of fused-ring (bicyclic) bond motifs is 4. The molecule has 0 aromatic heterocycles. The molecule has 3 unspecified atom stereocenters. The summed E-state index contributed by atoms with van der Waals surface area (Å²) in [5.41, 5.74) is 2.36. The molecule has 1 N–H and O–H groups in total. The van der Waals surface area contributed by atoms with E-state index < -0.39 is 5.72 Å². The standard InChI is InChI=1S/C31H38N2O/c1-20(28(3,4)5)31(21(2)29(6,7)8)24-15-11-12-16-25(24)33-30(31)19-32-27-23-14-10-9-13-22(23)17-18-26(27)34-30/h9-21,33H,1-8H3. The van der Waals surface area contributed by atoms with Crippen LogP contribution in [0.15, 0.2) is 65.7 Å². The number of nitrogens with zero attached hydrogens (tertiary/aromatic N) is 1. The Morgan fingerprint density at radius 3 is 2.09 bits per heavy atom. The SMILES string of the molecule is CC(C(C)(C)C)C1(C(C)C(C)(C)C)c2ccccc2NC12C=Nc1c(ccc3ccccc13)O2. The Kier molecular flexibility index (Phi) is 4.96. The number of nitrogens with one attached hydrogen (secondary N) is 1. The Labute approximate surface area is 204 Å². The van der Waals surface area contributed by atoms with Gasteiger partial charge in [0.25, 0.3) is 0 Å². The van der Waals surface area contributed by atoms with Crippen molar-refractivity contribution in [3.63, 3.8) is 0 Å². The van der Waals surface area contributed by atoms with Gasteiger partial charge < -0.3 is 10.1 Å². The molecule has 5 rings (SSSR count). The molecule has 0 fully saturated rings. The van der Waals surface area contributed by atoms with Crippen LogP contribution in [-0.4, -0.2) is 11.9 Å².